The van der Waals surface area contributed by atoms with Crippen LogP contribution in [0.15, 0.2) is 30.3 Å². The van der Waals surface area contributed by atoms with Gasteiger partial charge in [-0.3, -0.25) is 4.79 Å². The Labute approximate surface area is 158 Å². The Kier molecular flexibility index (Phi) is 6.27. The highest BCUT2D eigenvalue weighted by atomic mass is 35.5. The van der Waals surface area contributed by atoms with E-state index < -0.39 is 5.97 Å². The van der Waals surface area contributed by atoms with Gasteiger partial charge in [0.15, 0.2) is 0 Å². The fraction of sp³-hybridized carbons (Fsp3) is 0.300. The lowest BCUT2D eigenvalue weighted by Gasteiger charge is -2.16. The van der Waals surface area contributed by atoms with Crippen LogP contribution in [0, 0.1) is 6.92 Å². The van der Waals surface area contributed by atoms with Crippen molar-refractivity contribution in [1.29, 1.82) is 0 Å². The van der Waals surface area contributed by atoms with E-state index >= 15 is 0 Å². The summed E-state index contributed by atoms with van der Waals surface area (Å²) in [6, 6.07) is 8.37. The molecule has 6 heteroatoms. The van der Waals surface area contributed by atoms with Crippen molar-refractivity contribution in [3.63, 3.8) is 0 Å². The normalized spacial score (nSPS) is 10.6. The molecule has 2 aromatic carbocycles. The minimum Gasteiger partial charge on any atom is -0.496 e. The molecular formula is C20H22ClNO4. The molecule has 0 atom stereocenters. The van der Waals surface area contributed by atoms with Gasteiger partial charge >= 0.3 is 5.97 Å². The van der Waals surface area contributed by atoms with Crippen LogP contribution < -0.4 is 10.1 Å². The summed E-state index contributed by atoms with van der Waals surface area (Å²) in [5, 5.41) is 3.06. The van der Waals surface area contributed by atoms with E-state index in [9.17, 15) is 9.59 Å². The van der Waals surface area contributed by atoms with Gasteiger partial charge in [-0.15, -0.1) is 0 Å². The number of carbonyl (C=O) groups excluding carboxylic acids is 2. The van der Waals surface area contributed by atoms with Gasteiger partial charge in [0, 0.05) is 11.3 Å². The molecule has 2 aromatic rings. The maximum absolute atomic E-state index is 12.7. The van der Waals surface area contributed by atoms with Crippen LogP contribution in [0.1, 0.15) is 51.6 Å². The number of rotatable bonds is 5. The van der Waals surface area contributed by atoms with Crippen molar-refractivity contribution in [2.24, 2.45) is 0 Å². The number of esters is 1. The second-order valence-corrected chi connectivity index (χ2v) is 6.61. The van der Waals surface area contributed by atoms with Crippen LogP contribution in [0.3, 0.4) is 0 Å². The maximum Gasteiger partial charge on any atom is 0.339 e. The Morgan fingerprint density at radius 3 is 2.35 bits per heavy atom. The molecule has 0 unspecified atom stereocenters. The Morgan fingerprint density at radius 1 is 1.08 bits per heavy atom. The lowest BCUT2D eigenvalue weighted by molar-refractivity contribution is 0.0600. The number of benzene rings is 2. The molecule has 5 nitrogen and oxygen atoms in total. The Balaban J connectivity index is 2.36. The number of carbonyl (C=O) groups is 2. The number of hydrogen-bond acceptors (Lipinski definition) is 4. The second kappa shape index (κ2) is 8.23. The van der Waals surface area contributed by atoms with Crippen LogP contribution in [-0.2, 0) is 4.74 Å². The third kappa shape index (κ3) is 4.17. The van der Waals surface area contributed by atoms with Gasteiger partial charge in [-0.1, -0.05) is 25.4 Å². The first-order valence-corrected chi connectivity index (χ1v) is 8.54. The number of halogens is 1. The fourth-order valence-electron chi connectivity index (χ4n) is 2.64. The number of aryl methyl sites for hydroxylation is 1. The molecule has 26 heavy (non-hydrogen) atoms. The van der Waals surface area contributed by atoms with E-state index in [0.29, 0.717) is 11.3 Å². The quantitative estimate of drug-likeness (QED) is 0.761. The summed E-state index contributed by atoms with van der Waals surface area (Å²) in [6.45, 7) is 5.93. The summed E-state index contributed by atoms with van der Waals surface area (Å²) in [5.74, 6) is 0.131. The summed E-state index contributed by atoms with van der Waals surface area (Å²) < 4.78 is 10.1. The Hall–Kier alpha value is -2.53. The highest BCUT2D eigenvalue weighted by Gasteiger charge is 2.17. The number of amides is 1. The number of methoxy groups -OCH3 is 2. The maximum atomic E-state index is 12.7. The number of anilines is 1. The molecule has 0 heterocycles. The molecule has 0 aliphatic heterocycles. The first kappa shape index (κ1) is 19.8. The molecule has 0 saturated carbocycles. The first-order chi connectivity index (χ1) is 12.3. The largest absolute Gasteiger partial charge is 0.496 e. The van der Waals surface area contributed by atoms with Gasteiger partial charge in [-0.25, -0.2) is 4.79 Å². The molecule has 0 aromatic heterocycles. The monoisotopic (exact) mass is 375 g/mol. The zero-order valence-electron chi connectivity index (χ0n) is 15.5. The van der Waals surface area contributed by atoms with Crippen molar-refractivity contribution in [1.82, 2.24) is 0 Å². The van der Waals surface area contributed by atoms with Crippen LogP contribution in [0.25, 0.3) is 0 Å². The lowest BCUT2D eigenvalue weighted by Crippen LogP contribution is -2.15. The van der Waals surface area contributed by atoms with Gasteiger partial charge in [-0.2, -0.15) is 0 Å². The smallest absolute Gasteiger partial charge is 0.339 e. The fourth-order valence-corrected chi connectivity index (χ4v) is 2.83. The highest BCUT2D eigenvalue weighted by molar-refractivity contribution is 6.33. The van der Waals surface area contributed by atoms with E-state index in [0.717, 1.165) is 16.9 Å². The first-order valence-electron chi connectivity index (χ1n) is 8.16. The van der Waals surface area contributed by atoms with E-state index in [1.165, 1.54) is 13.2 Å². The van der Waals surface area contributed by atoms with Crippen molar-refractivity contribution in [2.75, 3.05) is 19.5 Å². The topological polar surface area (TPSA) is 64.6 Å². The molecule has 0 saturated heterocycles. The molecule has 0 bridgehead atoms. The van der Waals surface area contributed by atoms with Crippen molar-refractivity contribution in [3.05, 3.63) is 57.6 Å². The van der Waals surface area contributed by atoms with E-state index in [1.807, 2.05) is 32.9 Å². The van der Waals surface area contributed by atoms with E-state index in [4.69, 9.17) is 21.1 Å². The average molecular weight is 376 g/mol. The van der Waals surface area contributed by atoms with Gasteiger partial charge in [-0.05, 0) is 54.3 Å². The zero-order valence-corrected chi connectivity index (χ0v) is 16.2. The zero-order chi connectivity index (χ0) is 19.4. The minimum absolute atomic E-state index is 0.196. The van der Waals surface area contributed by atoms with Crippen LogP contribution in [0.2, 0.25) is 5.02 Å². The van der Waals surface area contributed by atoms with Crippen molar-refractivity contribution in [3.8, 4) is 5.75 Å². The third-order valence-corrected chi connectivity index (χ3v) is 4.40. The molecule has 0 aliphatic rings. The molecule has 0 radical (unpaired) electrons. The molecule has 0 fully saturated rings. The second-order valence-electron chi connectivity index (χ2n) is 6.20. The average Bonchev–Trinajstić information content (AvgIpc) is 2.61. The summed E-state index contributed by atoms with van der Waals surface area (Å²) in [5.41, 5.74) is 2.95. The van der Waals surface area contributed by atoms with Crippen LogP contribution in [-0.4, -0.2) is 26.1 Å². The van der Waals surface area contributed by atoms with Gasteiger partial charge < -0.3 is 14.8 Å². The van der Waals surface area contributed by atoms with Gasteiger partial charge in [0.05, 0.1) is 24.8 Å². The van der Waals surface area contributed by atoms with E-state index in [1.54, 1.807) is 19.2 Å². The predicted molar refractivity (Wildman–Crippen MR) is 103 cm³/mol. The van der Waals surface area contributed by atoms with Crippen molar-refractivity contribution >= 4 is 29.2 Å². The van der Waals surface area contributed by atoms with Crippen LogP contribution in [0.5, 0.6) is 5.75 Å². The standard InChI is InChI=1S/C20H22ClNO4/c1-11(2)14-10-15(12(3)8-18(14)25-4)19(23)22-13-6-7-17(21)16(9-13)20(24)26-5/h6-11H,1-5H3,(H,22,23). The SMILES string of the molecule is COC(=O)c1cc(NC(=O)c2cc(C(C)C)c(OC)cc2C)ccc1Cl. The van der Waals surface area contributed by atoms with Gasteiger partial charge in [0.1, 0.15) is 5.75 Å². The summed E-state index contributed by atoms with van der Waals surface area (Å²) in [6.07, 6.45) is 0. The van der Waals surface area contributed by atoms with Crippen LogP contribution in [0.4, 0.5) is 5.69 Å². The molecule has 1 amide bonds. The predicted octanol–water partition coefficient (Wildman–Crippen LogP) is 4.82. The van der Waals surface area contributed by atoms with Gasteiger partial charge in [0.25, 0.3) is 5.91 Å². The van der Waals surface area contributed by atoms with E-state index in [-0.39, 0.29) is 22.4 Å². The number of ether oxygens (including phenoxy) is 2. The molecule has 0 aliphatic carbocycles. The summed E-state index contributed by atoms with van der Waals surface area (Å²) >= 11 is 6.01. The molecule has 138 valence electrons. The van der Waals surface area contributed by atoms with Crippen molar-refractivity contribution < 1.29 is 19.1 Å². The summed E-state index contributed by atoms with van der Waals surface area (Å²) in [7, 11) is 2.89. The van der Waals surface area contributed by atoms with Crippen molar-refractivity contribution in [2.45, 2.75) is 26.7 Å². The molecule has 0 spiro atoms. The van der Waals surface area contributed by atoms with Gasteiger partial charge in [0.2, 0.25) is 0 Å². The molecule has 2 rings (SSSR count). The van der Waals surface area contributed by atoms with Crippen LogP contribution >= 0.6 is 11.6 Å². The molecule has 1 N–H and O–H groups in total. The lowest BCUT2D eigenvalue weighted by atomic mass is 9.96. The highest BCUT2D eigenvalue weighted by Crippen LogP contribution is 2.30. The molecular weight excluding hydrogens is 354 g/mol. The summed E-state index contributed by atoms with van der Waals surface area (Å²) in [4.78, 5) is 24.5. The Bertz CT molecular complexity index is 846. The Morgan fingerprint density at radius 2 is 1.77 bits per heavy atom. The third-order valence-electron chi connectivity index (χ3n) is 4.07. The minimum atomic E-state index is -0.561. The van der Waals surface area contributed by atoms with E-state index in [2.05, 4.69) is 5.32 Å². The number of hydrogen-bond donors (Lipinski definition) is 1. The number of nitrogens with one attached hydrogen (secondary N) is 1.